The molecule has 0 fully saturated rings. The number of nitrogens with one attached hydrogen (secondary N) is 2. The molecule has 2 N–H and O–H groups in total. The number of aromatic nitrogens is 2. The van der Waals surface area contributed by atoms with Crippen molar-refractivity contribution in [3.8, 4) is 0 Å². The van der Waals surface area contributed by atoms with Crippen LogP contribution in [0.4, 0.5) is 10.8 Å². The van der Waals surface area contributed by atoms with Crippen molar-refractivity contribution in [3.63, 3.8) is 0 Å². The normalized spacial score (nSPS) is 10.5. The first kappa shape index (κ1) is 20.0. The maximum Gasteiger partial charge on any atom is 0.257 e. The summed E-state index contributed by atoms with van der Waals surface area (Å²) in [6, 6.07) is 13.3. The van der Waals surface area contributed by atoms with Crippen molar-refractivity contribution in [1.29, 1.82) is 0 Å². The van der Waals surface area contributed by atoms with Crippen LogP contribution in [0.2, 0.25) is 0 Å². The number of aryl methyl sites for hydroxylation is 3. The number of anilines is 2. The minimum absolute atomic E-state index is 0.112. The van der Waals surface area contributed by atoms with Gasteiger partial charge in [-0.2, -0.15) is 0 Å². The van der Waals surface area contributed by atoms with Crippen LogP contribution < -0.4 is 10.6 Å². The molecule has 28 heavy (non-hydrogen) atoms. The van der Waals surface area contributed by atoms with Gasteiger partial charge in [0.15, 0.2) is 4.34 Å². The molecule has 8 heteroatoms. The van der Waals surface area contributed by atoms with E-state index < -0.39 is 0 Å². The molecule has 6 nitrogen and oxygen atoms in total. The second-order valence-electron chi connectivity index (χ2n) is 6.35. The summed E-state index contributed by atoms with van der Waals surface area (Å²) in [7, 11) is 0. The first-order valence-corrected chi connectivity index (χ1v) is 10.4. The Morgan fingerprint density at radius 3 is 2.57 bits per heavy atom. The van der Waals surface area contributed by atoms with Gasteiger partial charge in [-0.05, 0) is 50.1 Å². The Morgan fingerprint density at radius 1 is 1.00 bits per heavy atom. The molecular formula is C20H20N4O2S2. The van der Waals surface area contributed by atoms with Gasteiger partial charge in [0.2, 0.25) is 11.0 Å². The number of nitrogens with zero attached hydrogens (tertiary/aromatic N) is 2. The van der Waals surface area contributed by atoms with Crippen molar-refractivity contribution in [2.24, 2.45) is 0 Å². The Hall–Kier alpha value is -2.71. The lowest BCUT2D eigenvalue weighted by Crippen LogP contribution is -2.14. The maximum absolute atomic E-state index is 12.3. The molecular weight excluding hydrogens is 392 g/mol. The number of benzene rings is 2. The van der Waals surface area contributed by atoms with Crippen molar-refractivity contribution in [2.75, 3.05) is 16.4 Å². The van der Waals surface area contributed by atoms with Gasteiger partial charge >= 0.3 is 0 Å². The highest BCUT2D eigenvalue weighted by molar-refractivity contribution is 8.01. The van der Waals surface area contributed by atoms with Crippen LogP contribution in [-0.2, 0) is 4.79 Å². The van der Waals surface area contributed by atoms with Crippen LogP contribution in [0.15, 0.2) is 46.8 Å². The van der Waals surface area contributed by atoms with Gasteiger partial charge in [0.05, 0.1) is 5.75 Å². The van der Waals surface area contributed by atoms with Crippen LogP contribution in [-0.4, -0.2) is 27.8 Å². The summed E-state index contributed by atoms with van der Waals surface area (Å²) in [6.45, 7) is 5.87. The molecule has 1 aromatic heterocycles. The lowest BCUT2D eigenvalue weighted by molar-refractivity contribution is -0.113. The third-order valence-electron chi connectivity index (χ3n) is 3.90. The quantitative estimate of drug-likeness (QED) is 0.462. The summed E-state index contributed by atoms with van der Waals surface area (Å²) in [6.07, 6.45) is 0. The zero-order valence-electron chi connectivity index (χ0n) is 15.8. The van der Waals surface area contributed by atoms with Gasteiger partial charge in [0.1, 0.15) is 0 Å². The van der Waals surface area contributed by atoms with Gasteiger partial charge in [-0.3, -0.25) is 14.9 Å². The maximum atomic E-state index is 12.3. The van der Waals surface area contributed by atoms with E-state index in [1.54, 1.807) is 6.07 Å². The first-order chi connectivity index (χ1) is 13.4. The van der Waals surface area contributed by atoms with Crippen molar-refractivity contribution in [3.05, 3.63) is 64.7 Å². The number of thioether (sulfide) groups is 1. The molecule has 0 saturated carbocycles. The molecule has 144 valence electrons. The van der Waals surface area contributed by atoms with E-state index in [1.807, 2.05) is 57.2 Å². The average molecular weight is 413 g/mol. The van der Waals surface area contributed by atoms with Crippen molar-refractivity contribution < 1.29 is 9.59 Å². The minimum atomic E-state index is -0.232. The third-order valence-corrected chi connectivity index (χ3v) is 5.87. The van der Waals surface area contributed by atoms with Gasteiger partial charge in [0, 0.05) is 11.3 Å². The number of hydrogen-bond acceptors (Lipinski definition) is 6. The summed E-state index contributed by atoms with van der Waals surface area (Å²) in [5.41, 5.74) is 4.50. The molecule has 0 aliphatic heterocycles. The monoisotopic (exact) mass is 412 g/mol. The van der Waals surface area contributed by atoms with E-state index in [9.17, 15) is 9.59 Å². The second kappa shape index (κ2) is 8.99. The van der Waals surface area contributed by atoms with Gasteiger partial charge < -0.3 is 5.32 Å². The standard InChI is InChI=1S/C20H20N4O2S2/c1-12-5-4-6-15(9-12)18(26)22-19-23-24-20(28-19)27-11-17(25)21-16-10-13(2)7-8-14(16)3/h4-10H,11H2,1-3H3,(H,21,25)(H,22,23,26). The Balaban J connectivity index is 1.53. The van der Waals surface area contributed by atoms with E-state index in [-0.39, 0.29) is 17.6 Å². The van der Waals surface area contributed by atoms with E-state index in [4.69, 9.17) is 0 Å². The van der Waals surface area contributed by atoms with Gasteiger partial charge in [-0.25, -0.2) is 0 Å². The first-order valence-electron chi connectivity index (χ1n) is 8.62. The van der Waals surface area contributed by atoms with Crippen LogP contribution in [0.3, 0.4) is 0 Å². The van der Waals surface area contributed by atoms with E-state index in [2.05, 4.69) is 20.8 Å². The summed E-state index contributed by atoms with van der Waals surface area (Å²) in [5, 5.41) is 14.1. The van der Waals surface area contributed by atoms with E-state index >= 15 is 0 Å². The largest absolute Gasteiger partial charge is 0.325 e. The number of carbonyl (C=O) groups is 2. The Kier molecular flexibility index (Phi) is 6.43. The lowest BCUT2D eigenvalue weighted by Gasteiger charge is -2.08. The van der Waals surface area contributed by atoms with Crippen molar-refractivity contribution >= 4 is 45.7 Å². The fourth-order valence-electron chi connectivity index (χ4n) is 2.46. The zero-order chi connectivity index (χ0) is 20.1. The van der Waals surface area contributed by atoms with Crippen LogP contribution in [0.1, 0.15) is 27.0 Å². The molecule has 0 aliphatic rings. The van der Waals surface area contributed by atoms with E-state index in [0.29, 0.717) is 15.0 Å². The number of hydrogen-bond donors (Lipinski definition) is 2. The highest BCUT2D eigenvalue weighted by atomic mass is 32.2. The van der Waals surface area contributed by atoms with Gasteiger partial charge in [-0.1, -0.05) is 52.9 Å². The second-order valence-corrected chi connectivity index (χ2v) is 8.55. The summed E-state index contributed by atoms with van der Waals surface area (Å²) in [5.74, 6) is -0.128. The molecule has 0 bridgehead atoms. The molecule has 0 atom stereocenters. The van der Waals surface area contributed by atoms with Gasteiger partial charge in [-0.15, -0.1) is 10.2 Å². The van der Waals surface area contributed by atoms with Gasteiger partial charge in [0.25, 0.3) is 5.91 Å². The predicted octanol–water partition coefficient (Wildman–Crippen LogP) is 4.45. The molecule has 0 aliphatic carbocycles. The molecule has 3 aromatic rings. The van der Waals surface area contributed by atoms with E-state index in [1.165, 1.54) is 23.1 Å². The molecule has 0 saturated heterocycles. The smallest absolute Gasteiger partial charge is 0.257 e. The van der Waals surface area contributed by atoms with Crippen LogP contribution >= 0.6 is 23.1 Å². The topological polar surface area (TPSA) is 84.0 Å². The molecule has 3 rings (SSSR count). The Labute approximate surface area is 171 Å². The highest BCUT2D eigenvalue weighted by Gasteiger charge is 2.12. The number of rotatable bonds is 6. The molecule has 2 amide bonds. The molecule has 0 radical (unpaired) electrons. The summed E-state index contributed by atoms with van der Waals surface area (Å²) < 4.78 is 0.621. The number of carbonyl (C=O) groups excluding carboxylic acids is 2. The molecule has 0 unspecified atom stereocenters. The third kappa shape index (κ3) is 5.40. The highest BCUT2D eigenvalue weighted by Crippen LogP contribution is 2.26. The SMILES string of the molecule is Cc1cccc(C(=O)Nc2nnc(SCC(=O)Nc3cc(C)ccc3C)s2)c1. The molecule has 0 spiro atoms. The Bertz CT molecular complexity index is 1020. The molecule has 2 aromatic carbocycles. The number of amides is 2. The summed E-state index contributed by atoms with van der Waals surface area (Å²) in [4.78, 5) is 24.5. The van der Waals surface area contributed by atoms with Crippen molar-refractivity contribution in [1.82, 2.24) is 10.2 Å². The molecule has 1 heterocycles. The van der Waals surface area contributed by atoms with Crippen LogP contribution in [0.25, 0.3) is 0 Å². The van der Waals surface area contributed by atoms with Crippen molar-refractivity contribution in [2.45, 2.75) is 25.1 Å². The Morgan fingerprint density at radius 2 is 1.79 bits per heavy atom. The fraction of sp³-hybridized carbons (Fsp3) is 0.200. The fourth-order valence-corrected chi connectivity index (χ4v) is 4.01. The van der Waals surface area contributed by atoms with Crippen LogP contribution in [0, 0.1) is 20.8 Å². The predicted molar refractivity (Wildman–Crippen MR) is 114 cm³/mol. The average Bonchev–Trinajstić information content (AvgIpc) is 3.10. The van der Waals surface area contributed by atoms with Crippen LogP contribution in [0.5, 0.6) is 0 Å². The minimum Gasteiger partial charge on any atom is -0.325 e. The summed E-state index contributed by atoms with van der Waals surface area (Å²) >= 11 is 2.53. The lowest BCUT2D eigenvalue weighted by atomic mass is 10.1. The van der Waals surface area contributed by atoms with E-state index in [0.717, 1.165) is 22.4 Å². The zero-order valence-corrected chi connectivity index (χ0v) is 17.4.